The second-order valence-electron chi connectivity index (χ2n) is 4.49. The van der Waals surface area contributed by atoms with Gasteiger partial charge in [-0.15, -0.1) is 5.10 Å². The molecule has 0 aliphatic heterocycles. The van der Waals surface area contributed by atoms with Crippen molar-refractivity contribution in [2.45, 2.75) is 13.0 Å². The smallest absolute Gasteiger partial charge is 0.153 e. The Balaban J connectivity index is 2.53. The molecule has 1 unspecified atom stereocenters. The lowest BCUT2D eigenvalue weighted by Crippen LogP contribution is -2.25. The van der Waals surface area contributed by atoms with E-state index in [0.29, 0.717) is 4.60 Å². The second-order valence-corrected chi connectivity index (χ2v) is 5.24. The Labute approximate surface area is 132 Å². The highest BCUT2D eigenvalue weighted by atomic mass is 79.9. The monoisotopic (exact) mass is 354 g/mol. The van der Waals surface area contributed by atoms with Crippen molar-refractivity contribution in [3.8, 4) is 11.5 Å². The van der Waals surface area contributed by atoms with Crippen molar-refractivity contribution in [3.63, 3.8) is 0 Å². The molecule has 1 atom stereocenters. The van der Waals surface area contributed by atoms with Crippen LogP contribution in [-0.2, 0) is 7.05 Å². The average molecular weight is 355 g/mol. The van der Waals surface area contributed by atoms with Gasteiger partial charge >= 0.3 is 0 Å². The van der Waals surface area contributed by atoms with Crippen LogP contribution in [0, 0.1) is 0 Å². The van der Waals surface area contributed by atoms with Crippen molar-refractivity contribution in [2.24, 2.45) is 7.05 Å². The Morgan fingerprint density at radius 2 is 2.10 bits per heavy atom. The van der Waals surface area contributed by atoms with Crippen LogP contribution in [0.4, 0.5) is 0 Å². The van der Waals surface area contributed by atoms with Gasteiger partial charge in [0.1, 0.15) is 11.5 Å². The predicted molar refractivity (Wildman–Crippen MR) is 83.8 cm³/mol. The number of nitrogens with one attached hydrogen (secondary N) is 1. The van der Waals surface area contributed by atoms with E-state index in [1.807, 2.05) is 25.2 Å². The molecule has 6 nitrogen and oxygen atoms in total. The number of aromatic nitrogens is 3. The SMILES string of the molecule is CCNC(c1ccc(OC)cc1OC)c1c(Br)nnn1C. The van der Waals surface area contributed by atoms with Gasteiger partial charge in [-0.1, -0.05) is 12.1 Å². The van der Waals surface area contributed by atoms with Gasteiger partial charge in [0.15, 0.2) is 4.60 Å². The van der Waals surface area contributed by atoms with Gasteiger partial charge in [-0.25, -0.2) is 4.68 Å². The zero-order valence-electron chi connectivity index (χ0n) is 12.6. The normalized spacial score (nSPS) is 12.2. The minimum atomic E-state index is -0.0785. The van der Waals surface area contributed by atoms with Crippen molar-refractivity contribution in [2.75, 3.05) is 20.8 Å². The number of hydrogen-bond donors (Lipinski definition) is 1. The van der Waals surface area contributed by atoms with Gasteiger partial charge < -0.3 is 14.8 Å². The molecule has 0 fully saturated rings. The Hall–Kier alpha value is -1.60. The zero-order chi connectivity index (χ0) is 15.4. The van der Waals surface area contributed by atoms with Crippen LogP contribution in [0.3, 0.4) is 0 Å². The molecule has 1 N–H and O–H groups in total. The predicted octanol–water partition coefficient (Wildman–Crippen LogP) is 2.29. The zero-order valence-corrected chi connectivity index (χ0v) is 14.1. The van der Waals surface area contributed by atoms with E-state index in [1.165, 1.54) is 0 Å². The summed E-state index contributed by atoms with van der Waals surface area (Å²) in [7, 11) is 5.16. The molecule has 0 saturated carbocycles. The first-order valence-electron chi connectivity index (χ1n) is 6.62. The summed E-state index contributed by atoms with van der Waals surface area (Å²) in [6.07, 6.45) is 0. The number of nitrogens with zero attached hydrogens (tertiary/aromatic N) is 3. The number of benzene rings is 1. The number of aryl methyl sites for hydroxylation is 1. The summed E-state index contributed by atoms with van der Waals surface area (Å²) in [5.41, 5.74) is 1.95. The summed E-state index contributed by atoms with van der Waals surface area (Å²) >= 11 is 3.46. The third-order valence-electron chi connectivity index (χ3n) is 3.26. The Kier molecular flexibility index (Phi) is 5.19. The third kappa shape index (κ3) is 3.19. The maximum atomic E-state index is 5.51. The molecule has 1 aromatic heterocycles. The van der Waals surface area contributed by atoms with Crippen molar-refractivity contribution in [1.82, 2.24) is 20.3 Å². The second kappa shape index (κ2) is 6.91. The minimum absolute atomic E-state index is 0.0785. The molecule has 0 bridgehead atoms. The summed E-state index contributed by atoms with van der Waals surface area (Å²) < 4.78 is 13.2. The van der Waals surface area contributed by atoms with E-state index < -0.39 is 0 Å². The van der Waals surface area contributed by atoms with Crippen LogP contribution in [0.25, 0.3) is 0 Å². The molecule has 21 heavy (non-hydrogen) atoms. The summed E-state index contributed by atoms with van der Waals surface area (Å²) in [6, 6.07) is 5.70. The Morgan fingerprint density at radius 1 is 1.33 bits per heavy atom. The number of halogens is 1. The van der Waals surface area contributed by atoms with Crippen molar-refractivity contribution in [3.05, 3.63) is 34.1 Å². The molecule has 0 amide bonds. The van der Waals surface area contributed by atoms with Gasteiger partial charge in [-0.3, -0.25) is 0 Å². The quantitative estimate of drug-likeness (QED) is 0.862. The van der Waals surface area contributed by atoms with Crippen molar-refractivity contribution in [1.29, 1.82) is 0 Å². The lowest BCUT2D eigenvalue weighted by molar-refractivity contribution is 0.386. The first-order valence-corrected chi connectivity index (χ1v) is 7.42. The highest BCUT2D eigenvalue weighted by Gasteiger charge is 2.24. The fourth-order valence-electron chi connectivity index (χ4n) is 2.26. The van der Waals surface area contributed by atoms with Crippen LogP contribution in [-0.4, -0.2) is 35.8 Å². The van der Waals surface area contributed by atoms with Gasteiger partial charge in [0, 0.05) is 18.7 Å². The molecule has 1 heterocycles. The molecule has 0 saturated heterocycles. The van der Waals surface area contributed by atoms with E-state index in [4.69, 9.17) is 9.47 Å². The average Bonchev–Trinajstić information content (AvgIpc) is 2.83. The molecular weight excluding hydrogens is 336 g/mol. The lowest BCUT2D eigenvalue weighted by Gasteiger charge is -2.21. The van der Waals surface area contributed by atoms with Gasteiger partial charge in [0.25, 0.3) is 0 Å². The van der Waals surface area contributed by atoms with E-state index in [1.54, 1.807) is 18.9 Å². The molecule has 0 aliphatic carbocycles. The van der Waals surface area contributed by atoms with Crippen LogP contribution in [0.15, 0.2) is 22.8 Å². The molecule has 7 heteroatoms. The topological polar surface area (TPSA) is 61.2 Å². The maximum absolute atomic E-state index is 5.51. The van der Waals surface area contributed by atoms with Crippen LogP contribution in [0.5, 0.6) is 11.5 Å². The Bertz CT molecular complexity index is 596. The fourth-order valence-corrected chi connectivity index (χ4v) is 2.82. The molecule has 0 aliphatic rings. The number of rotatable bonds is 6. The molecule has 0 spiro atoms. The van der Waals surface area contributed by atoms with Gasteiger partial charge in [-0.2, -0.15) is 0 Å². The van der Waals surface area contributed by atoms with Crippen LogP contribution >= 0.6 is 15.9 Å². The van der Waals surface area contributed by atoms with E-state index in [-0.39, 0.29) is 6.04 Å². The van der Waals surface area contributed by atoms with Crippen molar-refractivity contribution < 1.29 is 9.47 Å². The molecular formula is C14H19BrN4O2. The lowest BCUT2D eigenvalue weighted by atomic mass is 10.0. The molecule has 0 radical (unpaired) electrons. The van der Waals surface area contributed by atoms with E-state index in [9.17, 15) is 0 Å². The highest BCUT2D eigenvalue weighted by Crippen LogP contribution is 2.34. The number of hydrogen-bond acceptors (Lipinski definition) is 5. The van der Waals surface area contributed by atoms with Crippen LogP contribution in [0.1, 0.15) is 24.2 Å². The Morgan fingerprint density at radius 3 is 2.62 bits per heavy atom. The first-order chi connectivity index (χ1) is 10.1. The van der Waals surface area contributed by atoms with Crippen LogP contribution in [0.2, 0.25) is 0 Å². The number of methoxy groups -OCH3 is 2. The van der Waals surface area contributed by atoms with Gasteiger partial charge in [0.05, 0.1) is 26.0 Å². The highest BCUT2D eigenvalue weighted by molar-refractivity contribution is 9.10. The molecule has 1 aromatic carbocycles. The maximum Gasteiger partial charge on any atom is 0.153 e. The third-order valence-corrected chi connectivity index (χ3v) is 3.82. The number of ether oxygens (including phenoxy) is 2. The van der Waals surface area contributed by atoms with Crippen LogP contribution < -0.4 is 14.8 Å². The van der Waals surface area contributed by atoms with E-state index in [0.717, 1.165) is 29.3 Å². The summed E-state index contributed by atoms with van der Waals surface area (Å²) in [5.74, 6) is 1.52. The minimum Gasteiger partial charge on any atom is -0.497 e. The van der Waals surface area contributed by atoms with E-state index >= 15 is 0 Å². The molecule has 2 aromatic rings. The first kappa shape index (κ1) is 15.8. The van der Waals surface area contributed by atoms with E-state index in [2.05, 4.69) is 38.5 Å². The van der Waals surface area contributed by atoms with Gasteiger partial charge in [-0.05, 0) is 34.6 Å². The van der Waals surface area contributed by atoms with Gasteiger partial charge in [0.2, 0.25) is 0 Å². The standard InChI is InChI=1S/C14H19BrN4O2/c1-5-16-12(13-14(15)17-18-19(13)2)10-7-6-9(20-3)8-11(10)21-4/h6-8,12,16H,5H2,1-4H3. The molecule has 2 rings (SSSR count). The summed E-state index contributed by atoms with van der Waals surface area (Å²) in [4.78, 5) is 0. The summed E-state index contributed by atoms with van der Waals surface area (Å²) in [6.45, 7) is 2.86. The molecule has 114 valence electrons. The largest absolute Gasteiger partial charge is 0.497 e. The summed E-state index contributed by atoms with van der Waals surface area (Å²) in [5, 5.41) is 11.5. The fraction of sp³-hybridized carbons (Fsp3) is 0.429. The van der Waals surface area contributed by atoms with Crippen molar-refractivity contribution >= 4 is 15.9 Å².